The first kappa shape index (κ1) is 25.9. The van der Waals surface area contributed by atoms with E-state index in [2.05, 4.69) is 44.2 Å². The normalized spacial score (nSPS) is 13.4. The van der Waals surface area contributed by atoms with Crippen LogP contribution in [0.2, 0.25) is 18.1 Å². The number of esters is 1. The number of aromatic nitrogens is 1. The number of alkyl carbamates (subject to hydrolysis) is 1. The van der Waals surface area contributed by atoms with Crippen molar-refractivity contribution in [3.05, 3.63) is 24.0 Å². The molecule has 1 aromatic heterocycles. The van der Waals surface area contributed by atoms with Crippen LogP contribution in [0.4, 0.5) is 4.79 Å². The molecule has 0 saturated heterocycles. The maximum Gasteiger partial charge on any atom is 0.408 e. The van der Waals surface area contributed by atoms with E-state index in [-0.39, 0.29) is 23.8 Å². The van der Waals surface area contributed by atoms with Crippen molar-refractivity contribution in [1.29, 1.82) is 0 Å². The summed E-state index contributed by atoms with van der Waals surface area (Å²) in [6.45, 7) is 16.5. The van der Waals surface area contributed by atoms with Gasteiger partial charge in [-0.25, -0.2) is 9.59 Å². The van der Waals surface area contributed by atoms with Gasteiger partial charge in [-0.2, -0.15) is 0 Å². The molecule has 0 spiro atoms. The van der Waals surface area contributed by atoms with Gasteiger partial charge >= 0.3 is 12.1 Å². The lowest BCUT2D eigenvalue weighted by Gasteiger charge is -2.37. The van der Waals surface area contributed by atoms with E-state index in [1.807, 2.05) is 0 Å². The van der Waals surface area contributed by atoms with Gasteiger partial charge in [-0.3, -0.25) is 4.98 Å². The summed E-state index contributed by atoms with van der Waals surface area (Å²) in [5.74, 6) is -0.112. The van der Waals surface area contributed by atoms with Crippen LogP contribution in [0, 0.1) is 0 Å². The molecule has 0 aromatic carbocycles. The summed E-state index contributed by atoms with van der Waals surface area (Å²) in [5.41, 5.74) is -0.335. The highest BCUT2D eigenvalue weighted by Gasteiger charge is 2.38. The minimum absolute atomic E-state index is 0.0308. The molecule has 1 rings (SSSR count). The Balaban J connectivity index is 2.87. The van der Waals surface area contributed by atoms with Crippen molar-refractivity contribution >= 4 is 20.4 Å². The second-order valence-corrected chi connectivity index (χ2v) is 14.4. The van der Waals surface area contributed by atoms with E-state index in [0.717, 1.165) is 0 Å². The summed E-state index contributed by atoms with van der Waals surface area (Å²) in [6, 6.07) is 1.09. The van der Waals surface area contributed by atoms with Gasteiger partial charge in [0.2, 0.25) is 0 Å². The Kier molecular flexibility index (Phi) is 8.86. The summed E-state index contributed by atoms with van der Waals surface area (Å²) in [7, 11) is -0.723. The highest BCUT2D eigenvalue weighted by Crippen LogP contribution is 2.36. The quantitative estimate of drug-likeness (QED) is 0.479. The molecule has 0 fully saturated rings. The number of carbonyl (C=O) groups excluding carboxylic acids is 2. The Labute approximate surface area is 180 Å². The van der Waals surface area contributed by atoms with Gasteiger partial charge in [0.05, 0.1) is 31.5 Å². The lowest BCUT2D eigenvalue weighted by molar-refractivity contribution is 0.0461. The third kappa shape index (κ3) is 8.70. The van der Waals surface area contributed by atoms with Crippen molar-refractivity contribution in [2.24, 2.45) is 0 Å². The Morgan fingerprint density at radius 2 is 1.73 bits per heavy atom. The molecular formula is C21H36N2O6Si. The lowest BCUT2D eigenvalue weighted by atomic mass is 10.2. The highest BCUT2D eigenvalue weighted by molar-refractivity contribution is 6.74. The van der Waals surface area contributed by atoms with Crippen molar-refractivity contribution in [1.82, 2.24) is 10.3 Å². The van der Waals surface area contributed by atoms with Crippen LogP contribution in [0.5, 0.6) is 5.75 Å². The molecule has 1 atom stereocenters. The first-order valence-corrected chi connectivity index (χ1v) is 12.8. The first-order chi connectivity index (χ1) is 13.6. The molecule has 1 unspecified atom stereocenters. The van der Waals surface area contributed by atoms with Gasteiger partial charge in [0.1, 0.15) is 18.0 Å². The van der Waals surface area contributed by atoms with Gasteiger partial charge in [-0.05, 0) is 45.0 Å². The molecule has 1 amide bonds. The minimum atomic E-state index is -2.02. The van der Waals surface area contributed by atoms with Crippen LogP contribution in [0.3, 0.4) is 0 Å². The third-order valence-electron chi connectivity index (χ3n) is 4.76. The first-order valence-electron chi connectivity index (χ1n) is 9.94. The molecule has 1 heterocycles. The number of amides is 1. The Bertz CT molecular complexity index is 725. The molecule has 0 aliphatic heterocycles. The van der Waals surface area contributed by atoms with E-state index in [1.54, 1.807) is 20.8 Å². The number of hydrogen-bond acceptors (Lipinski definition) is 7. The average Bonchev–Trinajstić information content (AvgIpc) is 2.61. The Morgan fingerprint density at radius 1 is 1.10 bits per heavy atom. The predicted molar refractivity (Wildman–Crippen MR) is 117 cm³/mol. The summed E-state index contributed by atoms with van der Waals surface area (Å²) in [4.78, 5) is 28.0. The number of nitrogens with one attached hydrogen (secondary N) is 1. The van der Waals surface area contributed by atoms with Crippen LogP contribution in [0.15, 0.2) is 18.5 Å². The smallest absolute Gasteiger partial charge is 0.408 e. The number of nitrogens with zero attached hydrogens (tertiary/aromatic N) is 1. The summed E-state index contributed by atoms with van der Waals surface area (Å²) in [5, 5.41) is 2.85. The summed E-state index contributed by atoms with van der Waals surface area (Å²) < 4.78 is 22.1. The fourth-order valence-corrected chi connectivity index (χ4v) is 3.11. The molecule has 30 heavy (non-hydrogen) atoms. The van der Waals surface area contributed by atoms with E-state index in [9.17, 15) is 9.59 Å². The average molecular weight is 441 g/mol. The van der Waals surface area contributed by atoms with E-state index < -0.39 is 32.0 Å². The second kappa shape index (κ2) is 10.3. The zero-order valence-corrected chi connectivity index (χ0v) is 20.6. The second-order valence-electron chi connectivity index (χ2n) is 9.63. The summed E-state index contributed by atoms with van der Waals surface area (Å²) in [6.07, 6.45) is 2.35. The summed E-state index contributed by atoms with van der Waals surface area (Å²) >= 11 is 0. The molecule has 170 valence electrons. The monoisotopic (exact) mass is 440 g/mol. The van der Waals surface area contributed by atoms with Crippen molar-refractivity contribution in [3.8, 4) is 5.75 Å². The molecule has 9 heteroatoms. The predicted octanol–water partition coefficient (Wildman–Crippen LogP) is 4.16. The molecule has 0 bridgehead atoms. The molecule has 0 radical (unpaired) electrons. The van der Waals surface area contributed by atoms with Crippen LogP contribution >= 0.6 is 0 Å². The number of hydrogen-bond donors (Lipinski definition) is 1. The number of ether oxygens (including phenoxy) is 3. The maximum atomic E-state index is 12.3. The van der Waals surface area contributed by atoms with Crippen LogP contribution < -0.4 is 10.1 Å². The molecule has 0 aliphatic rings. The van der Waals surface area contributed by atoms with Crippen molar-refractivity contribution in [2.75, 3.05) is 20.3 Å². The molecule has 1 aromatic rings. The standard InChI is InChI=1S/C21H36N2O6Si/c1-20(2,3)29-19(25)23-16(14-28-30(8,9)21(4,5)6)13-27-17-10-15(11-22-12-17)18(24)26-7/h10-12,16H,13-14H2,1-9H3,(H,23,25). The van der Waals surface area contributed by atoms with Crippen LogP contribution in [0.25, 0.3) is 0 Å². The van der Waals surface area contributed by atoms with Crippen molar-refractivity contribution < 1.29 is 28.2 Å². The fourth-order valence-electron chi connectivity index (χ4n) is 2.06. The van der Waals surface area contributed by atoms with Gasteiger partial charge in [0, 0.05) is 6.20 Å². The van der Waals surface area contributed by atoms with Crippen LogP contribution in [-0.2, 0) is 13.9 Å². The van der Waals surface area contributed by atoms with Crippen LogP contribution in [-0.4, -0.2) is 57.3 Å². The maximum absolute atomic E-state index is 12.3. The SMILES string of the molecule is COC(=O)c1cncc(OCC(CO[Si](C)(C)C(C)(C)C)NC(=O)OC(C)(C)C)c1. The zero-order chi connectivity index (χ0) is 23.2. The number of methoxy groups -OCH3 is 1. The molecule has 0 aliphatic carbocycles. The van der Waals surface area contributed by atoms with E-state index in [0.29, 0.717) is 5.75 Å². The van der Waals surface area contributed by atoms with Crippen LogP contribution in [0.1, 0.15) is 51.9 Å². The molecule has 8 nitrogen and oxygen atoms in total. The fraction of sp³-hybridized carbons (Fsp3) is 0.667. The molecular weight excluding hydrogens is 404 g/mol. The topological polar surface area (TPSA) is 96.0 Å². The Morgan fingerprint density at radius 3 is 2.27 bits per heavy atom. The van der Waals surface area contributed by atoms with E-state index in [1.165, 1.54) is 25.6 Å². The molecule has 0 saturated carbocycles. The zero-order valence-electron chi connectivity index (χ0n) is 19.6. The van der Waals surface area contributed by atoms with Crippen molar-refractivity contribution in [2.45, 2.75) is 71.3 Å². The largest absolute Gasteiger partial charge is 0.490 e. The third-order valence-corrected chi connectivity index (χ3v) is 9.26. The van der Waals surface area contributed by atoms with Gasteiger partial charge in [0.15, 0.2) is 8.32 Å². The minimum Gasteiger partial charge on any atom is -0.490 e. The Hall–Kier alpha value is -2.13. The lowest BCUT2D eigenvalue weighted by Crippen LogP contribution is -2.49. The van der Waals surface area contributed by atoms with E-state index >= 15 is 0 Å². The van der Waals surface area contributed by atoms with E-state index in [4.69, 9.17) is 18.6 Å². The number of pyridine rings is 1. The van der Waals surface area contributed by atoms with Gasteiger partial charge in [-0.1, -0.05) is 20.8 Å². The van der Waals surface area contributed by atoms with Gasteiger partial charge in [0.25, 0.3) is 0 Å². The van der Waals surface area contributed by atoms with Crippen molar-refractivity contribution in [3.63, 3.8) is 0 Å². The highest BCUT2D eigenvalue weighted by atomic mass is 28.4. The molecule has 1 N–H and O–H groups in total. The number of carbonyl (C=O) groups is 2. The number of rotatable bonds is 8. The van der Waals surface area contributed by atoms with Gasteiger partial charge in [-0.15, -0.1) is 0 Å². The van der Waals surface area contributed by atoms with Gasteiger partial charge < -0.3 is 24.0 Å².